The Balaban J connectivity index is 2.51. The van der Waals surface area contributed by atoms with Crippen molar-refractivity contribution in [1.82, 2.24) is 0 Å². The van der Waals surface area contributed by atoms with Crippen LogP contribution in [0.5, 0.6) is 11.5 Å². The molecule has 3 nitrogen and oxygen atoms in total. The van der Waals surface area contributed by atoms with Crippen molar-refractivity contribution in [2.45, 2.75) is 38.9 Å². The number of hydrogen-bond donors (Lipinski definition) is 0. The third-order valence-corrected chi connectivity index (χ3v) is 9.09. The summed E-state index contributed by atoms with van der Waals surface area (Å²) >= 11 is 9.21. The van der Waals surface area contributed by atoms with Crippen molar-refractivity contribution in [3.8, 4) is 11.5 Å². The van der Waals surface area contributed by atoms with Crippen LogP contribution in [0.2, 0.25) is 18.1 Å². The van der Waals surface area contributed by atoms with E-state index >= 15 is 0 Å². The largest absolute Gasteiger partial charge is 0.540 e. The first-order valence-electron chi connectivity index (χ1n) is 7.26. The predicted molar refractivity (Wildman–Crippen MR) is 98.0 cm³/mol. The summed E-state index contributed by atoms with van der Waals surface area (Å²) in [6.07, 6.45) is 0. The number of ether oxygens (including phenoxy) is 1. The maximum atomic E-state index is 6.46. The van der Waals surface area contributed by atoms with E-state index in [1.807, 2.05) is 18.2 Å². The van der Waals surface area contributed by atoms with Gasteiger partial charge in [-0.15, -0.1) is 11.6 Å². The highest BCUT2D eigenvalue weighted by molar-refractivity contribution is 9.10. The molecule has 122 valence electrons. The number of halogens is 2. The summed E-state index contributed by atoms with van der Waals surface area (Å²) in [4.78, 5) is 0. The highest BCUT2D eigenvalue weighted by atomic mass is 79.9. The quantitative estimate of drug-likeness (QED) is 0.438. The van der Waals surface area contributed by atoms with Gasteiger partial charge in [-0.1, -0.05) is 26.8 Å². The molecule has 0 amide bonds. The van der Waals surface area contributed by atoms with Crippen LogP contribution < -0.4 is 9.16 Å². The van der Waals surface area contributed by atoms with Gasteiger partial charge in [0.1, 0.15) is 23.3 Å². The fourth-order valence-corrected chi connectivity index (χ4v) is 3.52. The van der Waals surface area contributed by atoms with Gasteiger partial charge in [-0.25, -0.2) is 0 Å². The van der Waals surface area contributed by atoms with E-state index in [0.717, 1.165) is 22.5 Å². The zero-order valence-electron chi connectivity index (χ0n) is 13.6. The zero-order chi connectivity index (χ0) is 16.5. The molecule has 1 aromatic carbocycles. The molecule has 0 fully saturated rings. The van der Waals surface area contributed by atoms with Crippen LogP contribution in [0.3, 0.4) is 0 Å². The SMILES string of the molecule is CC(C)(C)[Si](C)(C)Oc1c(Br)oc2cccc(OCCCl)c12. The first kappa shape index (κ1) is 17.7. The van der Waals surface area contributed by atoms with E-state index in [4.69, 9.17) is 25.2 Å². The van der Waals surface area contributed by atoms with Gasteiger partial charge in [-0.05, 0) is 46.2 Å². The maximum Gasteiger partial charge on any atom is 0.250 e. The topological polar surface area (TPSA) is 31.6 Å². The van der Waals surface area contributed by atoms with E-state index in [-0.39, 0.29) is 5.04 Å². The fraction of sp³-hybridized carbons (Fsp3) is 0.500. The van der Waals surface area contributed by atoms with Gasteiger partial charge in [0, 0.05) is 0 Å². The second-order valence-corrected chi connectivity index (χ2v) is 12.6. The molecule has 0 bridgehead atoms. The molecule has 0 saturated heterocycles. The molecule has 0 aliphatic rings. The van der Waals surface area contributed by atoms with E-state index in [2.05, 4.69) is 49.8 Å². The number of alkyl halides is 1. The molecule has 0 saturated carbocycles. The number of rotatable bonds is 5. The van der Waals surface area contributed by atoms with Crippen LogP contribution in [-0.4, -0.2) is 20.8 Å². The minimum absolute atomic E-state index is 0.0992. The fourth-order valence-electron chi connectivity index (χ4n) is 1.83. The Morgan fingerprint density at radius 1 is 1.27 bits per heavy atom. The number of hydrogen-bond acceptors (Lipinski definition) is 3. The molecule has 2 aromatic rings. The minimum Gasteiger partial charge on any atom is -0.540 e. The lowest BCUT2D eigenvalue weighted by Crippen LogP contribution is -2.43. The van der Waals surface area contributed by atoms with Crippen molar-refractivity contribution in [2.24, 2.45) is 0 Å². The van der Waals surface area contributed by atoms with Crippen molar-refractivity contribution in [3.63, 3.8) is 0 Å². The molecule has 0 N–H and O–H groups in total. The Hall–Kier alpha value is -0.653. The molecule has 1 aromatic heterocycles. The molecule has 0 atom stereocenters. The smallest absolute Gasteiger partial charge is 0.250 e. The van der Waals surface area contributed by atoms with Crippen LogP contribution in [0.25, 0.3) is 11.0 Å². The summed E-state index contributed by atoms with van der Waals surface area (Å²) in [6, 6.07) is 5.72. The van der Waals surface area contributed by atoms with Gasteiger partial charge in [0.05, 0.1) is 5.88 Å². The van der Waals surface area contributed by atoms with Crippen molar-refractivity contribution < 1.29 is 13.6 Å². The Morgan fingerprint density at radius 3 is 2.55 bits per heavy atom. The molecule has 2 rings (SSSR count). The molecule has 0 spiro atoms. The van der Waals surface area contributed by atoms with Crippen LogP contribution in [0.4, 0.5) is 0 Å². The van der Waals surface area contributed by atoms with Crippen LogP contribution in [0, 0.1) is 0 Å². The van der Waals surface area contributed by atoms with Crippen molar-refractivity contribution in [1.29, 1.82) is 0 Å². The Bertz CT molecular complexity index is 661. The molecule has 22 heavy (non-hydrogen) atoms. The second-order valence-electron chi connectivity index (χ2n) is 6.73. The lowest BCUT2D eigenvalue weighted by molar-refractivity contribution is 0.346. The van der Waals surface area contributed by atoms with E-state index in [9.17, 15) is 0 Å². The highest BCUT2D eigenvalue weighted by Gasteiger charge is 2.40. The average Bonchev–Trinajstić information content (AvgIpc) is 2.71. The van der Waals surface area contributed by atoms with Gasteiger partial charge in [-0.3, -0.25) is 0 Å². The number of benzene rings is 1. The summed E-state index contributed by atoms with van der Waals surface area (Å²) < 4.78 is 18.6. The Labute approximate surface area is 146 Å². The Kier molecular flexibility index (Phi) is 5.19. The third-order valence-electron chi connectivity index (χ3n) is 4.09. The van der Waals surface area contributed by atoms with E-state index < -0.39 is 8.32 Å². The minimum atomic E-state index is -1.98. The second kappa shape index (κ2) is 6.46. The first-order valence-corrected chi connectivity index (χ1v) is 11.5. The summed E-state index contributed by atoms with van der Waals surface area (Å²) in [5.74, 6) is 1.90. The molecule has 0 unspecified atom stereocenters. The normalized spacial score (nSPS) is 12.7. The van der Waals surface area contributed by atoms with Crippen molar-refractivity contribution >= 4 is 46.8 Å². The van der Waals surface area contributed by atoms with Crippen molar-refractivity contribution in [3.05, 3.63) is 22.9 Å². The van der Waals surface area contributed by atoms with Gasteiger partial charge in [0.25, 0.3) is 8.32 Å². The predicted octanol–water partition coefficient (Wildman–Crippen LogP) is 6.20. The third kappa shape index (κ3) is 3.47. The van der Waals surface area contributed by atoms with Gasteiger partial charge >= 0.3 is 0 Å². The van der Waals surface area contributed by atoms with Crippen LogP contribution in [0.1, 0.15) is 20.8 Å². The highest BCUT2D eigenvalue weighted by Crippen LogP contribution is 2.46. The lowest BCUT2D eigenvalue weighted by Gasteiger charge is -2.36. The molecule has 0 aliphatic carbocycles. The van der Waals surface area contributed by atoms with Crippen LogP contribution in [0.15, 0.2) is 27.3 Å². The van der Waals surface area contributed by atoms with Crippen molar-refractivity contribution in [2.75, 3.05) is 12.5 Å². The van der Waals surface area contributed by atoms with Crippen LogP contribution in [-0.2, 0) is 0 Å². The molecule has 0 radical (unpaired) electrons. The lowest BCUT2D eigenvalue weighted by atomic mass is 10.2. The van der Waals surface area contributed by atoms with Gasteiger partial charge in [-0.2, -0.15) is 0 Å². The monoisotopic (exact) mass is 404 g/mol. The molecule has 0 aliphatic heterocycles. The van der Waals surface area contributed by atoms with Crippen LogP contribution >= 0.6 is 27.5 Å². The van der Waals surface area contributed by atoms with Gasteiger partial charge in [0.15, 0.2) is 5.75 Å². The molecule has 1 heterocycles. The van der Waals surface area contributed by atoms with Gasteiger partial charge in [0.2, 0.25) is 4.67 Å². The summed E-state index contributed by atoms with van der Waals surface area (Å²) in [5, 5.41) is 0.964. The zero-order valence-corrected chi connectivity index (χ0v) is 17.0. The van der Waals surface area contributed by atoms with E-state index in [1.165, 1.54) is 0 Å². The summed E-state index contributed by atoms with van der Waals surface area (Å²) in [5.41, 5.74) is 0.743. The Morgan fingerprint density at radius 2 is 1.95 bits per heavy atom. The number of furan rings is 1. The van der Waals surface area contributed by atoms with E-state index in [1.54, 1.807) is 0 Å². The molecular formula is C16H22BrClO3Si. The first-order chi connectivity index (χ1) is 10.2. The molecule has 6 heteroatoms. The van der Waals surface area contributed by atoms with E-state index in [0.29, 0.717) is 17.2 Å². The van der Waals surface area contributed by atoms with Gasteiger partial charge < -0.3 is 13.6 Å². The maximum absolute atomic E-state index is 6.46. The standard InChI is InChI=1S/C16H22BrClO3Si/c1-16(2,3)22(4,5)21-14-13-11(19-10-9-18)7-6-8-12(13)20-15(14)17/h6-8H,9-10H2,1-5H3. The average molecular weight is 406 g/mol. The summed E-state index contributed by atoms with van der Waals surface area (Å²) in [7, 11) is -1.98. The molecular weight excluding hydrogens is 384 g/mol. The number of fused-ring (bicyclic) bond motifs is 1. The summed E-state index contributed by atoms with van der Waals surface area (Å²) in [6.45, 7) is 11.5.